The highest BCUT2D eigenvalue weighted by atomic mass is 35.5. The number of hydrogen-bond donors (Lipinski definition) is 3. The lowest BCUT2D eigenvalue weighted by molar-refractivity contribution is 0.0988. The van der Waals surface area contributed by atoms with E-state index < -0.39 is 21.8 Å². The minimum atomic E-state index is -3.51. The van der Waals surface area contributed by atoms with Crippen LogP contribution in [0, 0.1) is 0 Å². The summed E-state index contributed by atoms with van der Waals surface area (Å²) in [5, 5.41) is 1.05. The van der Waals surface area contributed by atoms with E-state index in [9.17, 15) is 18.0 Å². The molecule has 2 amide bonds. The standard InChI is InChI=1S/C22H18ClN5O4S/c1-33(31,32)27-15-4-2-13-9-19(22(25)30)28(18(13)11-15)20-10-12(6-7-26-20)16-8-14(21(24)29)3-5-17(16)23/h2-11,27H,1H3,(H2,24,29)(H2,25,30). The number of primary amides is 2. The zero-order valence-corrected chi connectivity index (χ0v) is 18.8. The van der Waals surface area contributed by atoms with Crippen LogP contribution in [0.5, 0.6) is 0 Å². The first kappa shape index (κ1) is 22.3. The van der Waals surface area contributed by atoms with Crippen molar-refractivity contribution in [2.45, 2.75) is 0 Å². The second kappa shape index (κ2) is 8.23. The van der Waals surface area contributed by atoms with Crippen LogP contribution in [-0.2, 0) is 10.0 Å². The number of pyridine rings is 1. The molecule has 168 valence electrons. The van der Waals surface area contributed by atoms with Gasteiger partial charge in [-0.3, -0.25) is 18.9 Å². The van der Waals surface area contributed by atoms with Crippen LogP contribution in [0.4, 0.5) is 5.69 Å². The number of amides is 2. The normalized spacial score (nSPS) is 11.5. The van der Waals surface area contributed by atoms with Crippen LogP contribution in [0.1, 0.15) is 20.8 Å². The Bertz CT molecular complexity index is 1550. The van der Waals surface area contributed by atoms with Crippen LogP contribution < -0.4 is 16.2 Å². The molecule has 2 heterocycles. The number of sulfonamides is 1. The molecule has 9 nitrogen and oxygen atoms in total. The highest BCUT2D eigenvalue weighted by molar-refractivity contribution is 7.92. The summed E-state index contributed by atoms with van der Waals surface area (Å²) in [5.74, 6) is -0.946. The van der Waals surface area contributed by atoms with E-state index in [1.165, 1.54) is 16.8 Å². The fraction of sp³-hybridized carbons (Fsp3) is 0.0455. The number of nitrogens with two attached hydrogens (primary N) is 2. The molecular formula is C22H18ClN5O4S. The summed E-state index contributed by atoms with van der Waals surface area (Å²) >= 11 is 6.35. The summed E-state index contributed by atoms with van der Waals surface area (Å²) in [6.07, 6.45) is 2.56. The predicted molar refractivity (Wildman–Crippen MR) is 127 cm³/mol. The minimum Gasteiger partial charge on any atom is -0.366 e. The first-order chi connectivity index (χ1) is 15.5. The van der Waals surface area contributed by atoms with Gasteiger partial charge >= 0.3 is 0 Å². The van der Waals surface area contributed by atoms with E-state index in [1.54, 1.807) is 48.5 Å². The number of rotatable bonds is 6. The molecule has 4 rings (SSSR count). The van der Waals surface area contributed by atoms with Gasteiger partial charge in [-0.1, -0.05) is 17.7 Å². The van der Waals surface area contributed by atoms with Gasteiger partial charge < -0.3 is 11.5 Å². The first-order valence-electron chi connectivity index (χ1n) is 9.53. The molecule has 0 saturated heterocycles. The van der Waals surface area contributed by atoms with Gasteiger partial charge in [0.1, 0.15) is 11.5 Å². The molecular weight excluding hydrogens is 466 g/mol. The Hall–Kier alpha value is -3.89. The van der Waals surface area contributed by atoms with E-state index in [1.807, 2.05) is 0 Å². The molecule has 33 heavy (non-hydrogen) atoms. The molecule has 2 aromatic heterocycles. The first-order valence-corrected chi connectivity index (χ1v) is 11.8. The Balaban J connectivity index is 1.93. The monoisotopic (exact) mass is 483 g/mol. The summed E-state index contributed by atoms with van der Waals surface area (Å²) in [5.41, 5.74) is 13.4. The topological polar surface area (TPSA) is 150 Å². The Morgan fingerprint density at radius 3 is 2.42 bits per heavy atom. The molecule has 0 aliphatic carbocycles. The highest BCUT2D eigenvalue weighted by Gasteiger charge is 2.18. The smallest absolute Gasteiger partial charge is 0.265 e. The number of carbonyl (C=O) groups excluding carboxylic acids is 2. The van der Waals surface area contributed by atoms with Crippen molar-refractivity contribution in [3.8, 4) is 16.9 Å². The zero-order valence-electron chi connectivity index (χ0n) is 17.2. The van der Waals surface area contributed by atoms with Gasteiger partial charge in [0.25, 0.3) is 5.91 Å². The molecule has 0 spiro atoms. The molecule has 11 heteroatoms. The van der Waals surface area contributed by atoms with Gasteiger partial charge in [0.15, 0.2) is 0 Å². The number of halogens is 1. The lowest BCUT2D eigenvalue weighted by Crippen LogP contribution is -2.16. The van der Waals surface area contributed by atoms with E-state index in [-0.39, 0.29) is 11.3 Å². The number of anilines is 1. The molecule has 5 N–H and O–H groups in total. The number of fused-ring (bicyclic) bond motifs is 1. The maximum Gasteiger partial charge on any atom is 0.265 e. The third kappa shape index (κ3) is 4.52. The van der Waals surface area contributed by atoms with Crippen LogP contribution in [0.3, 0.4) is 0 Å². The van der Waals surface area contributed by atoms with Gasteiger partial charge in [0, 0.05) is 27.7 Å². The second-order valence-corrected chi connectivity index (χ2v) is 9.49. The maximum absolute atomic E-state index is 12.2. The van der Waals surface area contributed by atoms with Crippen LogP contribution in [0.15, 0.2) is 60.8 Å². The van der Waals surface area contributed by atoms with Crippen molar-refractivity contribution in [1.82, 2.24) is 9.55 Å². The Labute approximate surface area is 194 Å². The van der Waals surface area contributed by atoms with Crippen molar-refractivity contribution >= 4 is 50.0 Å². The summed E-state index contributed by atoms with van der Waals surface area (Å²) in [6, 6.07) is 14.5. The molecule has 0 atom stereocenters. The van der Waals surface area contributed by atoms with E-state index in [0.717, 1.165) is 6.26 Å². The molecule has 0 aliphatic rings. The summed E-state index contributed by atoms with van der Waals surface area (Å²) in [4.78, 5) is 28.2. The Morgan fingerprint density at radius 1 is 1.00 bits per heavy atom. The van der Waals surface area contributed by atoms with Crippen LogP contribution in [0.25, 0.3) is 27.8 Å². The molecule has 0 unspecified atom stereocenters. The number of nitrogens with zero attached hydrogens (tertiary/aromatic N) is 2. The second-order valence-electron chi connectivity index (χ2n) is 7.34. The molecule has 0 bridgehead atoms. The zero-order chi connectivity index (χ0) is 23.9. The maximum atomic E-state index is 12.2. The van der Waals surface area contributed by atoms with Crippen molar-refractivity contribution in [2.24, 2.45) is 11.5 Å². The lowest BCUT2D eigenvalue weighted by Gasteiger charge is -2.12. The van der Waals surface area contributed by atoms with Crippen LogP contribution >= 0.6 is 11.6 Å². The Kier molecular flexibility index (Phi) is 5.56. The lowest BCUT2D eigenvalue weighted by atomic mass is 10.0. The molecule has 2 aromatic carbocycles. The summed E-state index contributed by atoms with van der Waals surface area (Å²) < 4.78 is 27.3. The number of benzene rings is 2. The fourth-order valence-electron chi connectivity index (χ4n) is 3.51. The van der Waals surface area contributed by atoms with Gasteiger partial charge in [-0.25, -0.2) is 13.4 Å². The summed E-state index contributed by atoms with van der Waals surface area (Å²) in [6.45, 7) is 0. The SMILES string of the molecule is CS(=O)(=O)Nc1ccc2cc(C(N)=O)n(-c3cc(-c4cc(C(N)=O)ccc4Cl)ccn3)c2c1. The van der Waals surface area contributed by atoms with Gasteiger partial charge in [0.05, 0.1) is 17.5 Å². The highest BCUT2D eigenvalue weighted by Crippen LogP contribution is 2.32. The predicted octanol–water partition coefficient (Wildman–Crippen LogP) is 2.92. The third-order valence-corrected chi connectivity index (χ3v) is 5.83. The number of carbonyl (C=O) groups is 2. The van der Waals surface area contributed by atoms with Crippen molar-refractivity contribution in [3.63, 3.8) is 0 Å². The van der Waals surface area contributed by atoms with E-state index >= 15 is 0 Å². The number of nitrogens with one attached hydrogen (secondary N) is 1. The molecule has 0 aliphatic heterocycles. The average molecular weight is 484 g/mol. The van der Waals surface area contributed by atoms with E-state index in [2.05, 4.69) is 9.71 Å². The van der Waals surface area contributed by atoms with Gasteiger partial charge in [-0.2, -0.15) is 0 Å². The number of aromatic nitrogens is 2. The molecule has 0 fully saturated rings. The molecule has 4 aromatic rings. The van der Waals surface area contributed by atoms with Gasteiger partial charge in [-0.15, -0.1) is 0 Å². The van der Waals surface area contributed by atoms with Crippen LogP contribution in [-0.4, -0.2) is 36.0 Å². The van der Waals surface area contributed by atoms with Crippen LogP contribution in [0.2, 0.25) is 5.02 Å². The molecule has 0 radical (unpaired) electrons. The third-order valence-electron chi connectivity index (χ3n) is 4.90. The summed E-state index contributed by atoms with van der Waals surface area (Å²) in [7, 11) is -3.51. The van der Waals surface area contributed by atoms with Gasteiger partial charge in [0.2, 0.25) is 15.9 Å². The largest absolute Gasteiger partial charge is 0.366 e. The minimum absolute atomic E-state index is 0.156. The Morgan fingerprint density at radius 2 is 1.76 bits per heavy atom. The average Bonchev–Trinajstić information content (AvgIpc) is 3.12. The van der Waals surface area contributed by atoms with E-state index in [4.69, 9.17) is 23.1 Å². The fourth-order valence-corrected chi connectivity index (χ4v) is 4.30. The quantitative estimate of drug-likeness (QED) is 0.385. The van der Waals surface area contributed by atoms with E-state index in [0.29, 0.717) is 38.6 Å². The van der Waals surface area contributed by atoms with Crippen molar-refractivity contribution in [2.75, 3.05) is 11.0 Å². The number of hydrogen-bond acceptors (Lipinski definition) is 5. The molecule has 0 saturated carbocycles. The van der Waals surface area contributed by atoms with Gasteiger partial charge in [-0.05, 0) is 54.1 Å². The van der Waals surface area contributed by atoms with Crippen molar-refractivity contribution < 1.29 is 18.0 Å². The van der Waals surface area contributed by atoms with Crippen molar-refractivity contribution in [3.05, 3.63) is 77.1 Å². The van der Waals surface area contributed by atoms with Crippen molar-refractivity contribution in [1.29, 1.82) is 0 Å².